The summed E-state index contributed by atoms with van der Waals surface area (Å²) in [6, 6.07) is 13.1. The normalized spacial score (nSPS) is 11.0. The maximum absolute atomic E-state index is 13.2. The lowest BCUT2D eigenvalue weighted by Crippen LogP contribution is -2.36. The summed E-state index contributed by atoms with van der Waals surface area (Å²) in [7, 11) is 6.09. The van der Waals surface area contributed by atoms with Crippen LogP contribution in [0.25, 0.3) is 22.2 Å². The van der Waals surface area contributed by atoms with Crippen LogP contribution in [0.1, 0.15) is 5.56 Å². The molecule has 0 aliphatic rings. The van der Waals surface area contributed by atoms with E-state index in [0.717, 1.165) is 15.8 Å². The summed E-state index contributed by atoms with van der Waals surface area (Å²) < 4.78 is 19.5. The Morgan fingerprint density at radius 2 is 1.68 bits per heavy atom. The van der Waals surface area contributed by atoms with Crippen molar-refractivity contribution in [3.8, 4) is 22.6 Å². The molecule has 31 heavy (non-hydrogen) atoms. The number of nitrogens with one attached hydrogen (secondary N) is 1. The third-order valence-electron chi connectivity index (χ3n) is 5.35. The molecule has 4 rings (SSSR count). The lowest BCUT2D eigenvalue weighted by atomic mass is 10.0. The molecule has 2 aromatic heterocycles. The third-order valence-corrected chi connectivity index (χ3v) is 5.35. The van der Waals surface area contributed by atoms with Gasteiger partial charge in [0.05, 0.1) is 19.8 Å². The summed E-state index contributed by atoms with van der Waals surface area (Å²) in [5.74, 6) is 1.29. The van der Waals surface area contributed by atoms with Crippen LogP contribution in [0, 0.1) is 6.92 Å². The van der Waals surface area contributed by atoms with Crippen molar-refractivity contribution in [3.05, 3.63) is 68.9 Å². The zero-order valence-electron chi connectivity index (χ0n) is 18.0. The fourth-order valence-corrected chi connectivity index (χ4v) is 3.68. The van der Waals surface area contributed by atoms with Crippen molar-refractivity contribution in [2.24, 2.45) is 14.1 Å². The zero-order chi connectivity index (χ0) is 22.3. The fraction of sp³-hybridized carbons (Fsp3) is 0.217. The van der Waals surface area contributed by atoms with Crippen LogP contribution in [0.2, 0.25) is 0 Å². The number of fused-ring (bicyclic) bond motifs is 1. The van der Waals surface area contributed by atoms with Gasteiger partial charge in [-0.25, -0.2) is 4.79 Å². The maximum Gasteiger partial charge on any atom is 0.333 e. The summed E-state index contributed by atoms with van der Waals surface area (Å²) in [4.78, 5) is 25.7. The summed E-state index contributed by atoms with van der Waals surface area (Å²) in [6.07, 6.45) is 0. The highest BCUT2D eigenvalue weighted by Gasteiger charge is 2.26. The minimum Gasteiger partial charge on any atom is -0.493 e. The Balaban J connectivity index is 2.13. The van der Waals surface area contributed by atoms with E-state index in [1.54, 1.807) is 26.3 Å². The van der Waals surface area contributed by atoms with Crippen LogP contribution in [0.5, 0.6) is 11.5 Å². The molecule has 0 atom stereocenters. The first-order valence-electron chi connectivity index (χ1n) is 9.65. The largest absolute Gasteiger partial charge is 0.493 e. The van der Waals surface area contributed by atoms with Crippen molar-refractivity contribution in [1.29, 1.82) is 0 Å². The van der Waals surface area contributed by atoms with Gasteiger partial charge in [0, 0.05) is 25.3 Å². The highest BCUT2D eigenvalue weighted by molar-refractivity contribution is 6.01. The molecule has 0 fully saturated rings. The number of para-hydroxylation sites is 2. The van der Waals surface area contributed by atoms with Crippen molar-refractivity contribution in [3.63, 3.8) is 0 Å². The van der Waals surface area contributed by atoms with Crippen LogP contribution in [0.3, 0.4) is 0 Å². The Labute approximate surface area is 178 Å². The number of hydrogen-bond donors (Lipinski definition) is 1. The van der Waals surface area contributed by atoms with Crippen molar-refractivity contribution in [2.75, 3.05) is 19.5 Å². The Bertz CT molecular complexity index is 1410. The summed E-state index contributed by atoms with van der Waals surface area (Å²) in [5, 5.41) is 3.55. The number of nitrogens with zero attached hydrogens (tertiary/aromatic N) is 2. The topological polar surface area (TPSA) is 87.6 Å². The van der Waals surface area contributed by atoms with Crippen LogP contribution in [0.4, 0.5) is 11.6 Å². The molecule has 0 bridgehead atoms. The number of hydrogen-bond acceptors (Lipinski definition) is 6. The molecule has 0 radical (unpaired) electrons. The molecule has 0 unspecified atom stereocenters. The molecule has 8 nitrogen and oxygen atoms in total. The number of benzene rings is 2. The predicted octanol–water partition coefficient (Wildman–Crippen LogP) is 3.57. The summed E-state index contributed by atoms with van der Waals surface area (Å²) in [6.45, 7) is 1.96. The Morgan fingerprint density at radius 1 is 0.935 bits per heavy atom. The van der Waals surface area contributed by atoms with Gasteiger partial charge in [-0.3, -0.25) is 13.9 Å². The van der Waals surface area contributed by atoms with E-state index in [9.17, 15) is 9.59 Å². The van der Waals surface area contributed by atoms with E-state index in [4.69, 9.17) is 13.9 Å². The van der Waals surface area contributed by atoms with Gasteiger partial charge < -0.3 is 19.2 Å². The quantitative estimate of drug-likeness (QED) is 0.530. The Morgan fingerprint density at radius 3 is 2.35 bits per heavy atom. The second-order valence-corrected chi connectivity index (χ2v) is 7.17. The molecule has 0 aliphatic carbocycles. The molecule has 2 aromatic carbocycles. The number of aromatic nitrogens is 2. The number of furan rings is 1. The number of rotatable bonds is 5. The van der Waals surface area contributed by atoms with Gasteiger partial charge in [0.25, 0.3) is 5.56 Å². The van der Waals surface area contributed by atoms with Gasteiger partial charge in [-0.1, -0.05) is 30.3 Å². The minimum absolute atomic E-state index is 0.170. The Kier molecular flexibility index (Phi) is 5.06. The average Bonchev–Trinajstić information content (AvgIpc) is 3.16. The molecule has 4 aromatic rings. The minimum atomic E-state index is -0.474. The molecule has 1 N–H and O–H groups in total. The van der Waals surface area contributed by atoms with E-state index in [0.29, 0.717) is 28.5 Å². The third kappa shape index (κ3) is 3.16. The summed E-state index contributed by atoms with van der Waals surface area (Å²) >= 11 is 0. The first kappa shape index (κ1) is 20.3. The molecule has 0 saturated heterocycles. The molecule has 160 valence electrons. The van der Waals surface area contributed by atoms with E-state index < -0.39 is 11.2 Å². The lowest BCUT2D eigenvalue weighted by molar-refractivity contribution is 0.356. The number of ether oxygens (including phenoxy) is 2. The first-order chi connectivity index (χ1) is 14.9. The second kappa shape index (κ2) is 7.71. The monoisotopic (exact) mass is 421 g/mol. The van der Waals surface area contributed by atoms with Gasteiger partial charge in [-0.2, -0.15) is 0 Å². The van der Waals surface area contributed by atoms with E-state index in [-0.39, 0.29) is 11.1 Å². The molecular formula is C23H23N3O5. The van der Waals surface area contributed by atoms with E-state index >= 15 is 0 Å². The van der Waals surface area contributed by atoms with Crippen molar-refractivity contribution in [1.82, 2.24) is 9.13 Å². The molecule has 2 heterocycles. The molecule has 0 amide bonds. The van der Waals surface area contributed by atoms with Gasteiger partial charge >= 0.3 is 5.69 Å². The number of aryl methyl sites for hydroxylation is 2. The van der Waals surface area contributed by atoms with Crippen molar-refractivity contribution < 1.29 is 13.9 Å². The Hall–Kier alpha value is -3.94. The molecular weight excluding hydrogens is 398 g/mol. The van der Waals surface area contributed by atoms with Crippen molar-refractivity contribution >= 4 is 22.7 Å². The smallest absolute Gasteiger partial charge is 0.333 e. The first-order valence-corrected chi connectivity index (χ1v) is 9.65. The van der Waals surface area contributed by atoms with Crippen LogP contribution >= 0.6 is 0 Å². The van der Waals surface area contributed by atoms with Gasteiger partial charge in [0.15, 0.2) is 11.5 Å². The molecule has 0 spiro atoms. The number of anilines is 2. The molecule has 0 aliphatic heterocycles. The fourth-order valence-electron chi connectivity index (χ4n) is 3.68. The average molecular weight is 421 g/mol. The van der Waals surface area contributed by atoms with E-state index in [1.807, 2.05) is 37.3 Å². The molecule has 0 saturated carbocycles. The lowest BCUT2D eigenvalue weighted by Gasteiger charge is -2.14. The van der Waals surface area contributed by atoms with Gasteiger partial charge in [0.1, 0.15) is 5.39 Å². The van der Waals surface area contributed by atoms with Crippen LogP contribution in [-0.4, -0.2) is 23.4 Å². The highest BCUT2D eigenvalue weighted by atomic mass is 16.5. The SMILES string of the molecule is COc1cccc(-c2c(Nc3ccccc3C)oc3c2c(=O)n(C)c(=O)n3C)c1OC. The maximum atomic E-state index is 13.2. The van der Waals surface area contributed by atoms with Gasteiger partial charge in [-0.05, 0) is 24.6 Å². The second-order valence-electron chi connectivity index (χ2n) is 7.17. The van der Waals surface area contributed by atoms with Crippen LogP contribution in [-0.2, 0) is 14.1 Å². The van der Waals surface area contributed by atoms with Gasteiger partial charge in [-0.15, -0.1) is 0 Å². The van der Waals surface area contributed by atoms with E-state index in [2.05, 4.69) is 5.32 Å². The molecule has 8 heteroatoms. The van der Waals surface area contributed by atoms with Crippen LogP contribution in [0.15, 0.2) is 56.5 Å². The predicted molar refractivity (Wildman–Crippen MR) is 120 cm³/mol. The van der Waals surface area contributed by atoms with Gasteiger partial charge in [0.2, 0.25) is 11.6 Å². The summed E-state index contributed by atoms with van der Waals surface area (Å²) in [5.41, 5.74) is 2.14. The van der Waals surface area contributed by atoms with E-state index in [1.165, 1.54) is 18.7 Å². The van der Waals surface area contributed by atoms with Crippen LogP contribution < -0.4 is 26.0 Å². The number of methoxy groups -OCH3 is 2. The van der Waals surface area contributed by atoms with Crippen molar-refractivity contribution in [2.45, 2.75) is 6.92 Å². The highest BCUT2D eigenvalue weighted by Crippen LogP contribution is 2.45. The zero-order valence-corrected chi connectivity index (χ0v) is 18.0. The standard InChI is InChI=1S/C23H23N3O5/c1-13-9-6-7-11-15(13)24-20-17(14-10-8-12-16(29-4)19(14)30-5)18-21(27)25(2)23(28)26(3)22(18)31-20/h6-12,24H,1-5H3.